The monoisotopic (exact) mass is 264 g/mol. The third-order valence-corrected chi connectivity index (χ3v) is 3.35. The Morgan fingerprint density at radius 3 is 1.28 bits per heavy atom. The van der Waals surface area contributed by atoms with Crippen molar-refractivity contribution >= 4 is 11.9 Å². The second-order valence-corrected chi connectivity index (χ2v) is 4.82. The summed E-state index contributed by atoms with van der Waals surface area (Å²) in [5, 5.41) is 37.3. The van der Waals surface area contributed by atoms with Crippen LogP contribution in [0.25, 0.3) is 0 Å². The molecule has 0 unspecified atom stereocenters. The van der Waals surface area contributed by atoms with Gasteiger partial charge >= 0.3 is 11.9 Å². The molecule has 1 heterocycles. The molecule has 1 aliphatic rings. The van der Waals surface area contributed by atoms with Gasteiger partial charge in [0.05, 0.1) is 12.8 Å². The number of piperazine rings is 1. The molecule has 8 heteroatoms. The van der Waals surface area contributed by atoms with Crippen molar-refractivity contribution in [3.05, 3.63) is 0 Å². The molecular formula is C10H20N2O6+2. The minimum absolute atomic E-state index is 0.105. The van der Waals surface area contributed by atoms with E-state index in [0.717, 1.165) is 0 Å². The summed E-state index contributed by atoms with van der Waals surface area (Å²) < 4.78 is -0.750. The summed E-state index contributed by atoms with van der Waals surface area (Å²) in [4.78, 5) is 20.9. The fourth-order valence-corrected chi connectivity index (χ4v) is 2.02. The Labute approximate surface area is 104 Å². The summed E-state index contributed by atoms with van der Waals surface area (Å²) in [5.74, 6) is -1.94. The number of hydrogen-bond acceptors (Lipinski definition) is 4. The lowest BCUT2D eigenvalue weighted by molar-refractivity contribution is -1.19. The van der Waals surface area contributed by atoms with Crippen LogP contribution in [-0.2, 0) is 9.59 Å². The summed E-state index contributed by atoms with van der Waals surface area (Å²) in [6.45, 7) is 1.11. The van der Waals surface area contributed by atoms with Gasteiger partial charge in [-0.15, -0.1) is 0 Å². The van der Waals surface area contributed by atoms with E-state index in [1.807, 2.05) is 0 Å². The molecule has 1 fully saturated rings. The van der Waals surface area contributed by atoms with Crippen molar-refractivity contribution in [2.24, 2.45) is 0 Å². The first-order valence-corrected chi connectivity index (χ1v) is 5.86. The van der Waals surface area contributed by atoms with Crippen LogP contribution in [0.3, 0.4) is 0 Å². The molecule has 0 radical (unpaired) electrons. The van der Waals surface area contributed by atoms with Gasteiger partial charge in [-0.2, -0.15) is 9.29 Å². The minimum Gasteiger partial charge on any atom is -0.481 e. The van der Waals surface area contributed by atoms with Gasteiger partial charge in [0.2, 0.25) is 0 Å². The highest BCUT2D eigenvalue weighted by Gasteiger charge is 2.42. The van der Waals surface area contributed by atoms with Crippen molar-refractivity contribution in [3.63, 3.8) is 0 Å². The van der Waals surface area contributed by atoms with Gasteiger partial charge in [-0.05, 0) is 0 Å². The first-order chi connectivity index (χ1) is 8.25. The number of hydrogen-bond donors (Lipinski definition) is 4. The predicted molar refractivity (Wildman–Crippen MR) is 57.8 cm³/mol. The molecule has 18 heavy (non-hydrogen) atoms. The first-order valence-electron chi connectivity index (χ1n) is 5.86. The Hall–Kier alpha value is -1.22. The summed E-state index contributed by atoms with van der Waals surface area (Å²) in [6.07, 6.45) is -0.256. The average molecular weight is 264 g/mol. The number of carbonyl (C=O) groups is 2. The molecule has 0 spiro atoms. The molecule has 0 bridgehead atoms. The summed E-state index contributed by atoms with van der Waals surface area (Å²) >= 11 is 0. The molecule has 4 N–H and O–H groups in total. The molecule has 0 aromatic rings. The lowest BCUT2D eigenvalue weighted by Crippen LogP contribution is -2.65. The zero-order chi connectivity index (χ0) is 13.8. The average Bonchev–Trinajstić information content (AvgIpc) is 2.29. The normalized spacial score (nSPS) is 32.1. The number of hydroxylamine groups is 6. The van der Waals surface area contributed by atoms with E-state index >= 15 is 0 Å². The minimum atomic E-state index is -0.970. The number of aliphatic carboxylic acids is 2. The number of rotatable bonds is 6. The fourth-order valence-electron chi connectivity index (χ4n) is 2.02. The highest BCUT2D eigenvalue weighted by atomic mass is 16.6. The quantitative estimate of drug-likeness (QED) is 0.474. The van der Waals surface area contributed by atoms with Crippen molar-refractivity contribution in [3.8, 4) is 0 Å². The van der Waals surface area contributed by atoms with Crippen LogP contribution in [0.4, 0.5) is 0 Å². The van der Waals surface area contributed by atoms with E-state index in [1.165, 1.54) is 0 Å². The second-order valence-electron chi connectivity index (χ2n) is 4.82. The topological polar surface area (TPSA) is 115 Å². The Kier molecular flexibility index (Phi) is 4.63. The van der Waals surface area contributed by atoms with Gasteiger partial charge in [0.1, 0.15) is 13.1 Å². The molecule has 8 nitrogen and oxygen atoms in total. The Balaban J connectivity index is 2.43. The molecule has 0 atom stereocenters. The van der Waals surface area contributed by atoms with Gasteiger partial charge < -0.3 is 10.2 Å². The number of quaternary nitrogens is 2. The lowest BCUT2D eigenvalue weighted by atomic mass is 10.2. The van der Waals surface area contributed by atoms with E-state index in [9.17, 15) is 20.0 Å². The zero-order valence-electron chi connectivity index (χ0n) is 10.2. The van der Waals surface area contributed by atoms with Crippen molar-refractivity contribution < 1.29 is 39.5 Å². The number of carboxylic acid groups (broad SMARTS) is 2. The summed E-state index contributed by atoms with van der Waals surface area (Å²) in [6, 6.07) is 0. The van der Waals surface area contributed by atoms with Crippen LogP contribution in [0.2, 0.25) is 0 Å². The maximum absolute atomic E-state index is 10.4. The highest BCUT2D eigenvalue weighted by molar-refractivity contribution is 5.67. The van der Waals surface area contributed by atoms with Crippen LogP contribution >= 0.6 is 0 Å². The molecule has 0 aliphatic carbocycles. The van der Waals surface area contributed by atoms with Gasteiger partial charge in [-0.25, -0.2) is 10.4 Å². The van der Waals surface area contributed by atoms with E-state index in [-0.39, 0.29) is 61.4 Å². The molecule has 1 rings (SSSR count). The molecule has 0 saturated carbocycles. The van der Waals surface area contributed by atoms with Crippen LogP contribution in [0.5, 0.6) is 0 Å². The van der Waals surface area contributed by atoms with E-state index in [1.54, 1.807) is 0 Å². The fraction of sp³-hybridized carbons (Fsp3) is 0.800. The van der Waals surface area contributed by atoms with Crippen LogP contribution in [0.1, 0.15) is 12.8 Å². The predicted octanol–water partition coefficient (Wildman–Crippen LogP) is -0.639. The summed E-state index contributed by atoms with van der Waals surface area (Å²) in [7, 11) is 0. The Morgan fingerprint density at radius 1 is 0.778 bits per heavy atom. The van der Waals surface area contributed by atoms with Gasteiger partial charge in [-0.3, -0.25) is 9.59 Å². The van der Waals surface area contributed by atoms with Crippen LogP contribution in [0.15, 0.2) is 0 Å². The Morgan fingerprint density at radius 2 is 1.06 bits per heavy atom. The van der Waals surface area contributed by atoms with Crippen LogP contribution in [-0.4, -0.2) is 81.1 Å². The van der Waals surface area contributed by atoms with E-state index in [0.29, 0.717) is 0 Å². The highest BCUT2D eigenvalue weighted by Crippen LogP contribution is 2.16. The molecular weight excluding hydrogens is 244 g/mol. The third kappa shape index (κ3) is 4.57. The second kappa shape index (κ2) is 5.61. The largest absolute Gasteiger partial charge is 0.481 e. The summed E-state index contributed by atoms with van der Waals surface area (Å²) in [5.41, 5.74) is 0. The maximum atomic E-state index is 10.4. The van der Waals surface area contributed by atoms with Crippen molar-refractivity contribution in [1.29, 1.82) is 0 Å². The molecule has 0 amide bonds. The Bertz CT molecular complexity index is 292. The standard InChI is InChI=1S/C10H18N2O6/c13-9(14)1-3-11(17)5-7-12(18,8-6-11)4-2-10(15)16/h17-18H,1-8H2/p+2. The SMILES string of the molecule is O=C(O)CC[N+]1(O)CC[N+](O)(CCC(=O)O)CC1. The first kappa shape index (κ1) is 14.8. The van der Waals surface area contributed by atoms with E-state index in [2.05, 4.69) is 0 Å². The third-order valence-electron chi connectivity index (χ3n) is 3.35. The van der Waals surface area contributed by atoms with E-state index in [4.69, 9.17) is 10.2 Å². The van der Waals surface area contributed by atoms with E-state index < -0.39 is 11.9 Å². The number of nitrogens with zero attached hydrogens (tertiary/aromatic N) is 2. The van der Waals surface area contributed by atoms with Crippen LogP contribution < -0.4 is 0 Å². The molecule has 1 aliphatic heterocycles. The molecule has 1 saturated heterocycles. The zero-order valence-corrected chi connectivity index (χ0v) is 10.2. The molecule has 0 aromatic carbocycles. The van der Waals surface area contributed by atoms with Crippen molar-refractivity contribution in [1.82, 2.24) is 0 Å². The molecule has 0 aromatic heterocycles. The van der Waals surface area contributed by atoms with Gasteiger partial charge in [0.25, 0.3) is 0 Å². The van der Waals surface area contributed by atoms with Gasteiger partial charge in [-0.1, -0.05) is 0 Å². The van der Waals surface area contributed by atoms with Crippen molar-refractivity contribution in [2.75, 3.05) is 39.3 Å². The van der Waals surface area contributed by atoms with Crippen molar-refractivity contribution in [2.45, 2.75) is 12.8 Å². The molecule has 104 valence electrons. The lowest BCUT2D eigenvalue weighted by Gasteiger charge is -2.40. The van der Waals surface area contributed by atoms with Crippen LogP contribution in [0, 0.1) is 0 Å². The maximum Gasteiger partial charge on any atom is 0.309 e. The van der Waals surface area contributed by atoms with Gasteiger partial charge in [0.15, 0.2) is 26.2 Å². The smallest absolute Gasteiger partial charge is 0.309 e. The van der Waals surface area contributed by atoms with Gasteiger partial charge in [0, 0.05) is 0 Å². The number of carboxylic acids is 2.